The van der Waals surface area contributed by atoms with Crippen LogP contribution in [-0.4, -0.2) is 48.8 Å². The number of nitrogens with zero attached hydrogens (tertiary/aromatic N) is 2. The average Bonchev–Trinajstić information content (AvgIpc) is 2.43. The van der Waals surface area contributed by atoms with Crippen LogP contribution in [0.4, 0.5) is 0 Å². The molecule has 0 saturated heterocycles. The van der Waals surface area contributed by atoms with Crippen molar-refractivity contribution in [1.29, 1.82) is 0 Å². The van der Waals surface area contributed by atoms with Crippen LogP contribution in [0, 0.1) is 5.41 Å². The van der Waals surface area contributed by atoms with Gasteiger partial charge in [0.15, 0.2) is 0 Å². The first-order chi connectivity index (χ1) is 10.6. The van der Waals surface area contributed by atoms with Crippen LogP contribution >= 0.6 is 0 Å². The highest BCUT2D eigenvalue weighted by Crippen LogP contribution is 2.20. The summed E-state index contributed by atoms with van der Waals surface area (Å²) in [6.07, 6.45) is 5.32. The Labute approximate surface area is 138 Å². The Morgan fingerprint density at radius 3 is 2.43 bits per heavy atom. The van der Waals surface area contributed by atoms with Gasteiger partial charge < -0.3 is 15.0 Å². The highest BCUT2D eigenvalue weighted by molar-refractivity contribution is 5.95. The van der Waals surface area contributed by atoms with Crippen molar-refractivity contribution in [2.45, 2.75) is 40.2 Å². The molecule has 0 aliphatic carbocycles. The summed E-state index contributed by atoms with van der Waals surface area (Å²) in [5.41, 5.74) is 0.0995. The summed E-state index contributed by atoms with van der Waals surface area (Å²) in [6.45, 7) is 11.6. The monoisotopic (exact) mass is 321 g/mol. The number of hydrogen-bond acceptors (Lipinski definition) is 4. The lowest BCUT2D eigenvalue weighted by atomic mass is 9.86. The SMILES string of the molecule is C=C(/C=C\N=CCC=O)C(=O)N(C)CC(NC(C)=O)C(C)(C)C. The third-order valence-electron chi connectivity index (χ3n) is 3.17. The van der Waals surface area contributed by atoms with E-state index >= 15 is 0 Å². The van der Waals surface area contributed by atoms with E-state index < -0.39 is 0 Å². The lowest BCUT2D eigenvalue weighted by Crippen LogP contribution is -2.50. The number of hydrogen-bond donors (Lipinski definition) is 1. The Morgan fingerprint density at radius 1 is 1.35 bits per heavy atom. The third kappa shape index (κ3) is 8.70. The smallest absolute Gasteiger partial charge is 0.253 e. The highest BCUT2D eigenvalue weighted by Gasteiger charge is 2.28. The molecule has 0 aromatic rings. The van der Waals surface area contributed by atoms with Crippen LogP contribution in [0.2, 0.25) is 0 Å². The Morgan fingerprint density at radius 2 is 1.96 bits per heavy atom. The molecule has 0 saturated carbocycles. The van der Waals surface area contributed by atoms with E-state index in [0.717, 1.165) is 6.29 Å². The minimum absolute atomic E-state index is 0.131. The summed E-state index contributed by atoms with van der Waals surface area (Å²) < 4.78 is 0. The molecule has 0 rings (SSSR count). The van der Waals surface area contributed by atoms with Gasteiger partial charge in [-0.2, -0.15) is 0 Å². The Hall–Kier alpha value is -2.24. The number of nitrogens with one attached hydrogen (secondary N) is 1. The first kappa shape index (κ1) is 20.8. The Bertz CT molecular complexity index is 502. The second-order valence-electron chi connectivity index (χ2n) is 6.38. The van der Waals surface area contributed by atoms with Gasteiger partial charge >= 0.3 is 0 Å². The van der Waals surface area contributed by atoms with E-state index in [4.69, 9.17) is 0 Å². The van der Waals surface area contributed by atoms with Crippen molar-refractivity contribution >= 4 is 24.3 Å². The van der Waals surface area contributed by atoms with Gasteiger partial charge in [0.1, 0.15) is 6.29 Å². The number of rotatable bonds is 8. The number of amides is 2. The predicted molar refractivity (Wildman–Crippen MR) is 92.1 cm³/mol. The lowest BCUT2D eigenvalue weighted by Gasteiger charge is -2.34. The third-order valence-corrected chi connectivity index (χ3v) is 3.17. The maximum atomic E-state index is 12.3. The van der Waals surface area contributed by atoms with Gasteiger partial charge in [-0.25, -0.2) is 0 Å². The van der Waals surface area contributed by atoms with Gasteiger partial charge in [-0.05, 0) is 11.5 Å². The molecule has 2 amide bonds. The van der Waals surface area contributed by atoms with E-state index in [2.05, 4.69) is 16.9 Å². The van der Waals surface area contributed by atoms with Crippen LogP contribution < -0.4 is 5.32 Å². The van der Waals surface area contributed by atoms with E-state index in [1.807, 2.05) is 20.8 Å². The molecule has 0 aliphatic rings. The summed E-state index contributed by atoms with van der Waals surface area (Å²) in [5, 5.41) is 2.87. The number of carbonyl (C=O) groups is 3. The van der Waals surface area contributed by atoms with Crippen molar-refractivity contribution < 1.29 is 14.4 Å². The molecule has 0 heterocycles. The molecular formula is C17H27N3O3. The largest absolute Gasteiger partial charge is 0.351 e. The highest BCUT2D eigenvalue weighted by atomic mass is 16.2. The molecule has 0 aromatic heterocycles. The van der Waals surface area contributed by atoms with Crippen LogP contribution in [-0.2, 0) is 14.4 Å². The molecule has 1 atom stereocenters. The van der Waals surface area contributed by atoms with Crippen molar-refractivity contribution in [1.82, 2.24) is 10.2 Å². The summed E-state index contributed by atoms with van der Waals surface area (Å²) in [6, 6.07) is -0.170. The maximum Gasteiger partial charge on any atom is 0.253 e. The van der Waals surface area contributed by atoms with Gasteiger partial charge in [0.05, 0.1) is 6.04 Å². The zero-order valence-corrected chi connectivity index (χ0v) is 14.6. The summed E-state index contributed by atoms with van der Waals surface area (Å²) in [7, 11) is 1.66. The van der Waals surface area contributed by atoms with Gasteiger partial charge in [-0.3, -0.25) is 14.6 Å². The van der Waals surface area contributed by atoms with Crippen molar-refractivity contribution in [2.75, 3.05) is 13.6 Å². The molecule has 1 unspecified atom stereocenters. The molecule has 6 heteroatoms. The summed E-state index contributed by atoms with van der Waals surface area (Å²) in [5.74, 6) is -0.375. The number of carbonyl (C=O) groups excluding carboxylic acids is 3. The van der Waals surface area contributed by atoms with Gasteiger partial charge in [0, 0.05) is 44.9 Å². The lowest BCUT2D eigenvalue weighted by molar-refractivity contribution is -0.127. The number of aliphatic imine (C=N–C) groups is 1. The van der Waals surface area contributed by atoms with Crippen LogP contribution in [0.15, 0.2) is 29.4 Å². The average molecular weight is 321 g/mol. The van der Waals surface area contributed by atoms with Gasteiger partial charge in [-0.15, -0.1) is 0 Å². The molecular weight excluding hydrogens is 294 g/mol. The second kappa shape index (κ2) is 9.71. The minimum Gasteiger partial charge on any atom is -0.351 e. The van der Waals surface area contributed by atoms with Crippen molar-refractivity contribution in [3.8, 4) is 0 Å². The first-order valence-corrected chi connectivity index (χ1v) is 7.43. The topological polar surface area (TPSA) is 78.8 Å². The fourth-order valence-corrected chi connectivity index (χ4v) is 1.75. The minimum atomic E-state index is -0.244. The van der Waals surface area contributed by atoms with Crippen LogP contribution in [0.3, 0.4) is 0 Å². The Kier molecular flexibility index (Phi) is 8.77. The molecule has 0 radical (unpaired) electrons. The Balaban J connectivity index is 4.76. The van der Waals surface area contributed by atoms with Gasteiger partial charge in [-0.1, -0.05) is 27.4 Å². The maximum absolute atomic E-state index is 12.3. The van der Waals surface area contributed by atoms with Crippen molar-refractivity contribution in [3.05, 3.63) is 24.4 Å². The van der Waals surface area contributed by atoms with Crippen LogP contribution in [0.1, 0.15) is 34.1 Å². The van der Waals surface area contributed by atoms with Crippen molar-refractivity contribution in [3.63, 3.8) is 0 Å². The van der Waals surface area contributed by atoms with E-state index in [1.54, 1.807) is 7.05 Å². The summed E-state index contributed by atoms with van der Waals surface area (Å²) in [4.78, 5) is 39.1. The normalized spacial score (nSPS) is 13.1. The molecule has 1 N–H and O–H groups in total. The van der Waals surface area contributed by atoms with E-state index in [1.165, 1.54) is 30.3 Å². The zero-order chi connectivity index (χ0) is 18.0. The van der Waals surface area contributed by atoms with E-state index in [-0.39, 0.29) is 35.3 Å². The first-order valence-electron chi connectivity index (χ1n) is 7.43. The predicted octanol–water partition coefficient (Wildman–Crippen LogP) is 1.73. The second-order valence-corrected chi connectivity index (χ2v) is 6.38. The van der Waals surface area contributed by atoms with Gasteiger partial charge in [0.2, 0.25) is 5.91 Å². The summed E-state index contributed by atoms with van der Waals surface area (Å²) >= 11 is 0. The molecule has 6 nitrogen and oxygen atoms in total. The fraction of sp³-hybridized carbons (Fsp3) is 0.529. The number of aldehydes is 1. The van der Waals surface area contributed by atoms with E-state index in [9.17, 15) is 14.4 Å². The molecule has 0 bridgehead atoms. The molecule has 0 spiro atoms. The number of likely N-dealkylation sites (N-methyl/N-ethyl adjacent to an activating group) is 1. The van der Waals surface area contributed by atoms with Crippen molar-refractivity contribution in [2.24, 2.45) is 10.4 Å². The molecule has 0 fully saturated rings. The van der Waals surface area contributed by atoms with Crippen LogP contribution in [0.5, 0.6) is 0 Å². The van der Waals surface area contributed by atoms with Gasteiger partial charge in [0.25, 0.3) is 5.91 Å². The fourth-order valence-electron chi connectivity index (χ4n) is 1.75. The molecule has 0 aromatic carbocycles. The van der Waals surface area contributed by atoms with Crippen LogP contribution in [0.25, 0.3) is 0 Å². The standard InChI is InChI=1S/C17H27N3O3/c1-13(8-10-18-9-7-11-21)16(23)20(6)12-15(17(3,4)5)19-14(2)22/h8-11,15H,1,7,12H2,2-6H3,(H,19,22)/b10-8-,18-9?. The zero-order valence-electron chi connectivity index (χ0n) is 14.6. The molecule has 23 heavy (non-hydrogen) atoms. The molecule has 0 aliphatic heterocycles. The quantitative estimate of drug-likeness (QED) is 0.320. The molecule has 128 valence electrons. The van der Waals surface area contributed by atoms with E-state index in [0.29, 0.717) is 6.54 Å².